The SMILES string of the molecule is CC(C(=N)N)N(CCCO)C1CCC1. The zero-order valence-corrected chi connectivity index (χ0v) is 8.87. The lowest BCUT2D eigenvalue weighted by molar-refractivity contribution is 0.103. The minimum Gasteiger partial charge on any atom is -0.396 e. The quantitative estimate of drug-likeness (QED) is 0.432. The highest BCUT2D eigenvalue weighted by Crippen LogP contribution is 2.26. The first-order chi connectivity index (χ1) is 6.66. The van der Waals surface area contributed by atoms with Crippen LogP contribution in [0.3, 0.4) is 0 Å². The summed E-state index contributed by atoms with van der Waals surface area (Å²) in [6, 6.07) is 0.604. The van der Waals surface area contributed by atoms with Crippen LogP contribution in [0.4, 0.5) is 0 Å². The second-order valence-corrected chi connectivity index (χ2v) is 4.03. The molecule has 1 fully saturated rings. The summed E-state index contributed by atoms with van der Waals surface area (Å²) in [5.41, 5.74) is 5.50. The number of rotatable bonds is 6. The largest absolute Gasteiger partial charge is 0.396 e. The number of nitrogens with zero attached hydrogens (tertiary/aromatic N) is 1. The molecule has 0 radical (unpaired) electrons. The predicted molar refractivity (Wildman–Crippen MR) is 57.4 cm³/mol. The maximum atomic E-state index is 8.80. The number of nitrogens with one attached hydrogen (secondary N) is 1. The third-order valence-corrected chi connectivity index (χ3v) is 3.07. The van der Waals surface area contributed by atoms with E-state index in [-0.39, 0.29) is 18.5 Å². The molecule has 0 amide bonds. The Labute approximate surface area is 85.6 Å². The summed E-state index contributed by atoms with van der Waals surface area (Å²) in [5, 5.41) is 16.2. The van der Waals surface area contributed by atoms with E-state index in [2.05, 4.69) is 4.90 Å². The average molecular weight is 199 g/mol. The first-order valence-corrected chi connectivity index (χ1v) is 5.37. The van der Waals surface area contributed by atoms with E-state index < -0.39 is 0 Å². The zero-order valence-electron chi connectivity index (χ0n) is 8.87. The third-order valence-electron chi connectivity index (χ3n) is 3.07. The Morgan fingerprint density at radius 3 is 2.64 bits per heavy atom. The van der Waals surface area contributed by atoms with E-state index in [1.165, 1.54) is 19.3 Å². The molecule has 0 aromatic rings. The van der Waals surface area contributed by atoms with Crippen molar-refractivity contribution < 1.29 is 5.11 Å². The van der Waals surface area contributed by atoms with Gasteiger partial charge in [-0.25, -0.2) is 0 Å². The molecular weight excluding hydrogens is 178 g/mol. The van der Waals surface area contributed by atoms with Crippen LogP contribution in [0.5, 0.6) is 0 Å². The summed E-state index contributed by atoms with van der Waals surface area (Å²) < 4.78 is 0. The summed E-state index contributed by atoms with van der Waals surface area (Å²) >= 11 is 0. The molecule has 1 aliphatic rings. The number of hydrogen-bond donors (Lipinski definition) is 3. The fourth-order valence-corrected chi connectivity index (χ4v) is 1.84. The Morgan fingerprint density at radius 1 is 1.64 bits per heavy atom. The van der Waals surface area contributed by atoms with Crippen LogP contribution in [0, 0.1) is 5.41 Å². The Morgan fingerprint density at radius 2 is 2.29 bits per heavy atom. The van der Waals surface area contributed by atoms with Gasteiger partial charge in [-0.3, -0.25) is 10.3 Å². The molecule has 0 heterocycles. The van der Waals surface area contributed by atoms with E-state index in [1.54, 1.807) is 0 Å². The Bertz CT molecular complexity index is 192. The Kier molecular flexibility index (Phi) is 4.35. The van der Waals surface area contributed by atoms with Crippen molar-refractivity contribution in [3.05, 3.63) is 0 Å². The highest BCUT2D eigenvalue weighted by molar-refractivity contribution is 5.82. The molecule has 0 bridgehead atoms. The van der Waals surface area contributed by atoms with Crippen LogP contribution < -0.4 is 5.73 Å². The van der Waals surface area contributed by atoms with Gasteiger partial charge in [0.15, 0.2) is 0 Å². The van der Waals surface area contributed by atoms with E-state index in [1.807, 2.05) is 6.92 Å². The minimum atomic E-state index is 0.0202. The maximum absolute atomic E-state index is 8.80. The Hall–Kier alpha value is -0.610. The smallest absolute Gasteiger partial charge is 0.108 e. The number of amidine groups is 1. The monoisotopic (exact) mass is 199 g/mol. The van der Waals surface area contributed by atoms with Crippen molar-refractivity contribution in [1.82, 2.24) is 4.90 Å². The number of nitrogens with two attached hydrogens (primary N) is 1. The van der Waals surface area contributed by atoms with E-state index in [0.717, 1.165) is 13.0 Å². The van der Waals surface area contributed by atoms with Crippen molar-refractivity contribution in [2.24, 2.45) is 5.73 Å². The van der Waals surface area contributed by atoms with Gasteiger partial charge in [-0.2, -0.15) is 0 Å². The summed E-state index contributed by atoms with van der Waals surface area (Å²) in [5.74, 6) is 0.231. The molecule has 1 unspecified atom stereocenters. The van der Waals surface area contributed by atoms with Gasteiger partial charge in [0, 0.05) is 19.2 Å². The topological polar surface area (TPSA) is 73.3 Å². The lowest BCUT2D eigenvalue weighted by atomic mass is 9.90. The molecule has 0 aliphatic heterocycles. The third kappa shape index (κ3) is 2.69. The molecule has 14 heavy (non-hydrogen) atoms. The van der Waals surface area contributed by atoms with Crippen LogP contribution >= 0.6 is 0 Å². The molecule has 4 nitrogen and oxygen atoms in total. The van der Waals surface area contributed by atoms with Gasteiger partial charge in [0.2, 0.25) is 0 Å². The van der Waals surface area contributed by atoms with Crippen LogP contribution in [0.25, 0.3) is 0 Å². The van der Waals surface area contributed by atoms with Gasteiger partial charge in [0.25, 0.3) is 0 Å². The molecule has 4 N–H and O–H groups in total. The van der Waals surface area contributed by atoms with E-state index in [4.69, 9.17) is 16.2 Å². The summed E-state index contributed by atoms with van der Waals surface area (Å²) in [6.07, 6.45) is 4.48. The molecule has 0 saturated heterocycles. The first kappa shape index (κ1) is 11.5. The molecule has 1 saturated carbocycles. The van der Waals surface area contributed by atoms with Gasteiger partial charge in [0.05, 0.1) is 6.04 Å². The highest BCUT2D eigenvalue weighted by atomic mass is 16.3. The van der Waals surface area contributed by atoms with Crippen LogP contribution in [-0.2, 0) is 0 Å². The molecule has 4 heteroatoms. The van der Waals surface area contributed by atoms with Gasteiger partial charge in [-0.1, -0.05) is 6.42 Å². The maximum Gasteiger partial charge on any atom is 0.108 e. The zero-order chi connectivity index (χ0) is 10.6. The summed E-state index contributed by atoms with van der Waals surface area (Å²) in [6.45, 7) is 3.04. The fourth-order valence-electron chi connectivity index (χ4n) is 1.84. The van der Waals surface area contributed by atoms with Crippen molar-refractivity contribution >= 4 is 5.84 Å². The normalized spacial score (nSPS) is 19.4. The Balaban J connectivity index is 2.46. The van der Waals surface area contributed by atoms with E-state index in [0.29, 0.717) is 6.04 Å². The minimum absolute atomic E-state index is 0.0202. The highest BCUT2D eigenvalue weighted by Gasteiger charge is 2.28. The van der Waals surface area contributed by atoms with Crippen LogP contribution in [0.15, 0.2) is 0 Å². The van der Waals surface area contributed by atoms with Gasteiger partial charge in [-0.15, -0.1) is 0 Å². The molecule has 0 spiro atoms. The predicted octanol–water partition coefficient (Wildman–Crippen LogP) is 0.548. The van der Waals surface area contributed by atoms with Crippen molar-refractivity contribution in [1.29, 1.82) is 5.41 Å². The number of hydrogen-bond acceptors (Lipinski definition) is 3. The molecule has 82 valence electrons. The van der Waals surface area contributed by atoms with Gasteiger partial charge in [-0.05, 0) is 26.2 Å². The van der Waals surface area contributed by atoms with Crippen LogP contribution in [0.2, 0.25) is 0 Å². The second-order valence-electron chi connectivity index (χ2n) is 4.03. The number of aliphatic hydroxyl groups is 1. The van der Waals surface area contributed by atoms with Gasteiger partial charge < -0.3 is 10.8 Å². The lowest BCUT2D eigenvalue weighted by Crippen LogP contribution is -2.51. The molecule has 1 aliphatic carbocycles. The van der Waals surface area contributed by atoms with Gasteiger partial charge in [0.1, 0.15) is 5.84 Å². The fraction of sp³-hybridized carbons (Fsp3) is 0.900. The first-order valence-electron chi connectivity index (χ1n) is 5.37. The second kappa shape index (κ2) is 5.32. The molecule has 1 atom stereocenters. The van der Waals surface area contributed by atoms with E-state index in [9.17, 15) is 0 Å². The average Bonchev–Trinajstić information content (AvgIpc) is 2.07. The van der Waals surface area contributed by atoms with Crippen molar-refractivity contribution in [3.63, 3.8) is 0 Å². The van der Waals surface area contributed by atoms with Crippen molar-refractivity contribution in [2.75, 3.05) is 13.2 Å². The summed E-state index contributed by atoms with van der Waals surface area (Å²) in [7, 11) is 0. The van der Waals surface area contributed by atoms with E-state index >= 15 is 0 Å². The lowest BCUT2D eigenvalue weighted by Gasteiger charge is -2.40. The van der Waals surface area contributed by atoms with Crippen molar-refractivity contribution in [3.8, 4) is 0 Å². The van der Waals surface area contributed by atoms with Gasteiger partial charge >= 0.3 is 0 Å². The van der Waals surface area contributed by atoms with Crippen LogP contribution in [0.1, 0.15) is 32.6 Å². The number of aliphatic hydroxyl groups excluding tert-OH is 1. The van der Waals surface area contributed by atoms with Crippen LogP contribution in [-0.4, -0.2) is 41.1 Å². The molecule has 1 rings (SSSR count). The molecule has 0 aromatic carbocycles. The standard InChI is InChI=1S/C10H21N3O/c1-8(10(11)12)13(6-3-7-14)9-4-2-5-9/h8-9,14H,2-7H2,1H3,(H3,11,12). The summed E-state index contributed by atoms with van der Waals surface area (Å²) in [4.78, 5) is 2.25. The molecular formula is C10H21N3O. The van der Waals surface area contributed by atoms with Crippen molar-refractivity contribution in [2.45, 2.75) is 44.7 Å². The molecule has 0 aromatic heterocycles.